The van der Waals surface area contributed by atoms with Gasteiger partial charge in [0, 0.05) is 16.6 Å². The van der Waals surface area contributed by atoms with E-state index < -0.39 is 0 Å². The molecular weight excluding hydrogens is 302 g/mol. The molecule has 1 aromatic carbocycles. The third-order valence-electron chi connectivity index (χ3n) is 2.93. The molecule has 0 aliphatic carbocycles. The summed E-state index contributed by atoms with van der Waals surface area (Å²) in [5.74, 6) is 1.79. The normalized spacial score (nSPS) is 11.0. The minimum Gasteiger partial charge on any atom is -0.493 e. The molecule has 3 heteroatoms. The molecule has 19 heavy (non-hydrogen) atoms. The maximum absolute atomic E-state index is 5.78. The van der Waals surface area contributed by atoms with Crippen LogP contribution in [-0.4, -0.2) is 13.2 Å². The Kier molecular flexibility index (Phi) is 8.15. The van der Waals surface area contributed by atoms with Crippen molar-refractivity contribution >= 4 is 15.9 Å². The topological polar surface area (TPSA) is 21.3 Å². The van der Waals surface area contributed by atoms with Crippen LogP contribution in [0.25, 0.3) is 0 Å². The van der Waals surface area contributed by atoms with E-state index in [-0.39, 0.29) is 0 Å². The number of halogens is 1. The summed E-state index contributed by atoms with van der Waals surface area (Å²) in [4.78, 5) is 0. The second kappa shape index (κ2) is 9.38. The van der Waals surface area contributed by atoms with Crippen LogP contribution in [0.4, 0.5) is 0 Å². The summed E-state index contributed by atoms with van der Waals surface area (Å²) in [5.41, 5.74) is 1.23. The van der Waals surface area contributed by atoms with E-state index >= 15 is 0 Å². The molecular formula is C16H26BrNO. The van der Waals surface area contributed by atoms with Crippen molar-refractivity contribution in [2.45, 2.75) is 46.6 Å². The summed E-state index contributed by atoms with van der Waals surface area (Å²) < 4.78 is 6.88. The maximum atomic E-state index is 5.78. The highest BCUT2D eigenvalue weighted by atomic mass is 79.9. The molecule has 0 aliphatic rings. The Morgan fingerprint density at radius 2 is 2.11 bits per heavy atom. The van der Waals surface area contributed by atoms with Crippen LogP contribution < -0.4 is 10.1 Å². The highest BCUT2D eigenvalue weighted by molar-refractivity contribution is 9.10. The van der Waals surface area contributed by atoms with E-state index in [2.05, 4.69) is 48.1 Å². The van der Waals surface area contributed by atoms with E-state index in [1.165, 1.54) is 18.4 Å². The number of hydrogen-bond donors (Lipinski definition) is 1. The number of hydrogen-bond acceptors (Lipinski definition) is 2. The van der Waals surface area contributed by atoms with Crippen molar-refractivity contribution in [3.05, 3.63) is 28.2 Å². The number of nitrogens with one attached hydrogen (secondary N) is 1. The fourth-order valence-corrected chi connectivity index (χ4v) is 2.31. The molecule has 0 saturated heterocycles. The molecule has 1 N–H and O–H groups in total. The van der Waals surface area contributed by atoms with Gasteiger partial charge in [0.2, 0.25) is 0 Å². The quantitative estimate of drug-likeness (QED) is 0.660. The zero-order chi connectivity index (χ0) is 14.1. The molecule has 0 fully saturated rings. The molecule has 1 rings (SSSR count). The Hall–Kier alpha value is -0.540. The van der Waals surface area contributed by atoms with Gasteiger partial charge >= 0.3 is 0 Å². The van der Waals surface area contributed by atoms with Crippen LogP contribution >= 0.6 is 15.9 Å². The Bertz CT molecular complexity index is 366. The summed E-state index contributed by atoms with van der Waals surface area (Å²) in [6.07, 6.45) is 3.55. The van der Waals surface area contributed by atoms with Gasteiger partial charge in [-0.2, -0.15) is 0 Å². The Balaban J connectivity index is 2.44. The minimum atomic E-state index is 0.780. The van der Waals surface area contributed by atoms with Crippen LogP contribution in [0.5, 0.6) is 5.75 Å². The molecule has 0 aromatic heterocycles. The van der Waals surface area contributed by atoms with Crippen LogP contribution in [0, 0.1) is 5.92 Å². The van der Waals surface area contributed by atoms with Gasteiger partial charge in [0.05, 0.1) is 6.61 Å². The molecule has 1 aromatic rings. The minimum absolute atomic E-state index is 0.780. The monoisotopic (exact) mass is 327 g/mol. The first-order chi connectivity index (χ1) is 9.13. The summed E-state index contributed by atoms with van der Waals surface area (Å²) in [5, 5.41) is 3.50. The standard InChI is InChI=1S/C16H26BrNO/c1-4-10-19-16-8-7-15(17)11-14(16)12-18-9-5-6-13(2)3/h7-8,11,13,18H,4-6,9-10,12H2,1-3H3. The second-order valence-electron chi connectivity index (χ2n) is 5.31. The van der Waals surface area contributed by atoms with Gasteiger partial charge in [0.25, 0.3) is 0 Å². The lowest BCUT2D eigenvalue weighted by Gasteiger charge is -2.12. The highest BCUT2D eigenvalue weighted by Crippen LogP contribution is 2.23. The average Bonchev–Trinajstić information content (AvgIpc) is 2.37. The van der Waals surface area contributed by atoms with E-state index in [1.54, 1.807) is 0 Å². The zero-order valence-corrected chi connectivity index (χ0v) is 13.9. The molecule has 0 spiro atoms. The van der Waals surface area contributed by atoms with Gasteiger partial charge in [-0.15, -0.1) is 0 Å². The van der Waals surface area contributed by atoms with Crippen molar-refractivity contribution < 1.29 is 4.74 Å². The largest absolute Gasteiger partial charge is 0.493 e. The summed E-state index contributed by atoms with van der Waals surface area (Å²) in [6, 6.07) is 6.22. The van der Waals surface area contributed by atoms with Crippen molar-refractivity contribution in [3.8, 4) is 5.75 Å². The Morgan fingerprint density at radius 1 is 1.32 bits per heavy atom. The van der Waals surface area contributed by atoms with Crippen LogP contribution in [0.3, 0.4) is 0 Å². The third-order valence-corrected chi connectivity index (χ3v) is 3.43. The molecule has 2 nitrogen and oxygen atoms in total. The van der Waals surface area contributed by atoms with Crippen LogP contribution in [0.1, 0.15) is 45.6 Å². The molecule has 0 aliphatic heterocycles. The van der Waals surface area contributed by atoms with E-state index in [4.69, 9.17) is 4.74 Å². The average molecular weight is 328 g/mol. The molecule has 0 heterocycles. The lowest BCUT2D eigenvalue weighted by Crippen LogP contribution is -2.16. The van der Waals surface area contributed by atoms with E-state index in [1.807, 2.05) is 12.1 Å². The maximum Gasteiger partial charge on any atom is 0.123 e. The molecule has 108 valence electrons. The molecule has 0 amide bonds. The van der Waals surface area contributed by atoms with Gasteiger partial charge < -0.3 is 10.1 Å². The zero-order valence-electron chi connectivity index (χ0n) is 12.3. The fourth-order valence-electron chi connectivity index (χ4n) is 1.90. The lowest BCUT2D eigenvalue weighted by molar-refractivity contribution is 0.313. The summed E-state index contributed by atoms with van der Waals surface area (Å²) >= 11 is 3.52. The highest BCUT2D eigenvalue weighted by Gasteiger charge is 2.04. The first-order valence-corrected chi connectivity index (χ1v) is 8.04. The predicted molar refractivity (Wildman–Crippen MR) is 85.7 cm³/mol. The van der Waals surface area contributed by atoms with Gasteiger partial charge in [0.15, 0.2) is 0 Å². The lowest BCUT2D eigenvalue weighted by atomic mass is 10.1. The molecule has 0 bridgehead atoms. The fraction of sp³-hybridized carbons (Fsp3) is 0.625. The summed E-state index contributed by atoms with van der Waals surface area (Å²) in [6.45, 7) is 9.38. The molecule has 0 unspecified atom stereocenters. The van der Waals surface area contributed by atoms with Crippen molar-refractivity contribution in [1.82, 2.24) is 5.32 Å². The van der Waals surface area contributed by atoms with Gasteiger partial charge in [-0.25, -0.2) is 0 Å². The first kappa shape index (κ1) is 16.5. The molecule has 0 radical (unpaired) electrons. The van der Waals surface area contributed by atoms with Crippen LogP contribution in [-0.2, 0) is 6.54 Å². The summed E-state index contributed by atoms with van der Waals surface area (Å²) in [7, 11) is 0. The van der Waals surface area contributed by atoms with Gasteiger partial charge in [-0.1, -0.05) is 36.7 Å². The third kappa shape index (κ3) is 6.98. The Labute approximate surface area is 126 Å². The SMILES string of the molecule is CCCOc1ccc(Br)cc1CNCCCC(C)C. The van der Waals surface area contributed by atoms with E-state index in [9.17, 15) is 0 Å². The van der Waals surface area contributed by atoms with Crippen molar-refractivity contribution in [1.29, 1.82) is 0 Å². The molecule has 0 saturated carbocycles. The Morgan fingerprint density at radius 3 is 2.79 bits per heavy atom. The van der Waals surface area contributed by atoms with Crippen molar-refractivity contribution in [3.63, 3.8) is 0 Å². The van der Waals surface area contributed by atoms with Crippen LogP contribution in [0.2, 0.25) is 0 Å². The smallest absolute Gasteiger partial charge is 0.123 e. The van der Waals surface area contributed by atoms with Gasteiger partial charge in [-0.05, 0) is 49.9 Å². The van der Waals surface area contributed by atoms with E-state index in [0.29, 0.717) is 0 Å². The number of ether oxygens (including phenoxy) is 1. The predicted octanol–water partition coefficient (Wildman–Crippen LogP) is 4.76. The second-order valence-corrected chi connectivity index (χ2v) is 6.23. The van der Waals surface area contributed by atoms with E-state index in [0.717, 1.165) is 42.3 Å². The van der Waals surface area contributed by atoms with Gasteiger partial charge in [0.1, 0.15) is 5.75 Å². The van der Waals surface area contributed by atoms with Crippen molar-refractivity contribution in [2.75, 3.05) is 13.2 Å². The molecule has 0 atom stereocenters. The van der Waals surface area contributed by atoms with Crippen LogP contribution in [0.15, 0.2) is 22.7 Å². The van der Waals surface area contributed by atoms with Gasteiger partial charge in [-0.3, -0.25) is 0 Å². The number of rotatable bonds is 9. The first-order valence-electron chi connectivity index (χ1n) is 7.25. The number of benzene rings is 1. The van der Waals surface area contributed by atoms with Crippen molar-refractivity contribution in [2.24, 2.45) is 5.92 Å².